The summed E-state index contributed by atoms with van der Waals surface area (Å²) in [6.07, 6.45) is 6.85. The number of carboxylic acids is 1. The van der Waals surface area contributed by atoms with E-state index < -0.39 is 11.5 Å². The zero-order chi connectivity index (χ0) is 14.3. The van der Waals surface area contributed by atoms with Crippen molar-refractivity contribution >= 4 is 5.97 Å². The molecule has 0 aliphatic heterocycles. The van der Waals surface area contributed by atoms with Crippen molar-refractivity contribution in [2.24, 2.45) is 5.92 Å². The van der Waals surface area contributed by atoms with Gasteiger partial charge in [0.2, 0.25) is 0 Å². The van der Waals surface area contributed by atoms with E-state index in [2.05, 4.69) is 19.2 Å². The molecule has 1 aliphatic carbocycles. The van der Waals surface area contributed by atoms with Gasteiger partial charge in [-0.05, 0) is 32.1 Å². The minimum absolute atomic E-state index is 0.251. The minimum Gasteiger partial charge on any atom is -0.480 e. The van der Waals surface area contributed by atoms with Crippen LogP contribution in [0.5, 0.6) is 0 Å². The third-order valence-electron chi connectivity index (χ3n) is 3.86. The average molecular weight is 271 g/mol. The number of nitrogens with one attached hydrogen (secondary N) is 1. The summed E-state index contributed by atoms with van der Waals surface area (Å²) in [4.78, 5) is 11.4. The van der Waals surface area contributed by atoms with Crippen molar-refractivity contribution in [3.05, 3.63) is 0 Å². The lowest BCUT2D eigenvalue weighted by Crippen LogP contribution is -2.54. The SMILES string of the molecule is CCCCC(CC)COCC(C)(NC1CC1)C(=O)O. The first-order valence-electron chi connectivity index (χ1n) is 7.60. The van der Waals surface area contributed by atoms with Crippen LogP contribution in [-0.2, 0) is 9.53 Å². The Bertz CT molecular complexity index is 279. The maximum absolute atomic E-state index is 11.4. The Morgan fingerprint density at radius 3 is 2.63 bits per heavy atom. The molecule has 0 radical (unpaired) electrons. The zero-order valence-corrected chi connectivity index (χ0v) is 12.6. The largest absolute Gasteiger partial charge is 0.480 e. The summed E-state index contributed by atoms with van der Waals surface area (Å²) in [5.41, 5.74) is -0.940. The Kier molecular flexibility index (Phi) is 6.80. The predicted octanol–water partition coefficient (Wildman–Crippen LogP) is 2.81. The van der Waals surface area contributed by atoms with Crippen molar-refractivity contribution in [3.63, 3.8) is 0 Å². The van der Waals surface area contributed by atoms with Crippen LogP contribution in [0, 0.1) is 5.92 Å². The van der Waals surface area contributed by atoms with Gasteiger partial charge in [-0.2, -0.15) is 0 Å². The van der Waals surface area contributed by atoms with Crippen molar-refractivity contribution < 1.29 is 14.6 Å². The van der Waals surface area contributed by atoms with Gasteiger partial charge in [0.05, 0.1) is 6.61 Å². The highest BCUT2D eigenvalue weighted by atomic mass is 16.5. The van der Waals surface area contributed by atoms with Crippen LogP contribution in [0.25, 0.3) is 0 Å². The molecule has 1 rings (SSSR count). The lowest BCUT2D eigenvalue weighted by molar-refractivity contribution is -0.147. The van der Waals surface area contributed by atoms with Crippen molar-refractivity contribution in [2.75, 3.05) is 13.2 Å². The molecule has 1 aliphatic rings. The number of aliphatic carboxylic acids is 1. The number of carboxylic acid groups (broad SMARTS) is 1. The van der Waals surface area contributed by atoms with E-state index in [0.717, 1.165) is 19.3 Å². The van der Waals surface area contributed by atoms with E-state index in [1.54, 1.807) is 6.92 Å². The van der Waals surface area contributed by atoms with Gasteiger partial charge in [0.1, 0.15) is 5.54 Å². The van der Waals surface area contributed by atoms with Gasteiger partial charge in [-0.15, -0.1) is 0 Å². The van der Waals surface area contributed by atoms with Crippen LogP contribution in [0.1, 0.15) is 59.3 Å². The first-order valence-corrected chi connectivity index (χ1v) is 7.60. The second-order valence-corrected chi connectivity index (χ2v) is 5.99. The smallest absolute Gasteiger partial charge is 0.326 e. The standard InChI is InChI=1S/C15H29NO3/c1-4-6-7-12(5-2)10-19-11-15(3,14(17)18)16-13-8-9-13/h12-13,16H,4-11H2,1-3H3,(H,17,18). The molecule has 0 heterocycles. The lowest BCUT2D eigenvalue weighted by Gasteiger charge is -2.27. The number of ether oxygens (including phenoxy) is 1. The summed E-state index contributed by atoms with van der Waals surface area (Å²) in [6, 6.07) is 0.367. The van der Waals surface area contributed by atoms with E-state index in [0.29, 0.717) is 18.6 Å². The van der Waals surface area contributed by atoms with E-state index >= 15 is 0 Å². The first-order chi connectivity index (χ1) is 9.01. The van der Waals surface area contributed by atoms with Crippen LogP contribution in [-0.4, -0.2) is 35.9 Å². The zero-order valence-electron chi connectivity index (χ0n) is 12.6. The summed E-state index contributed by atoms with van der Waals surface area (Å²) < 4.78 is 5.70. The van der Waals surface area contributed by atoms with Crippen LogP contribution in [0.2, 0.25) is 0 Å². The summed E-state index contributed by atoms with van der Waals surface area (Å²) in [7, 11) is 0. The molecule has 19 heavy (non-hydrogen) atoms. The van der Waals surface area contributed by atoms with Crippen molar-refractivity contribution in [3.8, 4) is 0 Å². The fraction of sp³-hybridized carbons (Fsp3) is 0.933. The highest BCUT2D eigenvalue weighted by molar-refractivity contribution is 5.78. The lowest BCUT2D eigenvalue weighted by atomic mass is 10.00. The predicted molar refractivity (Wildman–Crippen MR) is 76.3 cm³/mol. The second-order valence-electron chi connectivity index (χ2n) is 5.99. The molecule has 4 heteroatoms. The molecule has 2 unspecified atom stereocenters. The second kappa shape index (κ2) is 7.85. The molecule has 0 spiro atoms. The molecule has 2 atom stereocenters. The fourth-order valence-corrected chi connectivity index (χ4v) is 2.17. The Balaban J connectivity index is 2.32. The first kappa shape index (κ1) is 16.4. The van der Waals surface area contributed by atoms with Crippen LogP contribution in [0.4, 0.5) is 0 Å². The van der Waals surface area contributed by atoms with Gasteiger partial charge in [0.15, 0.2) is 0 Å². The van der Waals surface area contributed by atoms with E-state index in [1.807, 2.05) is 0 Å². The normalized spacial score (nSPS) is 19.9. The van der Waals surface area contributed by atoms with E-state index in [4.69, 9.17) is 4.74 Å². The Hall–Kier alpha value is -0.610. The third-order valence-corrected chi connectivity index (χ3v) is 3.86. The molecule has 1 saturated carbocycles. The van der Waals surface area contributed by atoms with Gasteiger partial charge in [0.25, 0.3) is 0 Å². The molecular weight excluding hydrogens is 242 g/mol. The van der Waals surface area contributed by atoms with E-state index in [9.17, 15) is 9.90 Å². The molecule has 4 nitrogen and oxygen atoms in total. The highest BCUT2D eigenvalue weighted by Crippen LogP contribution is 2.23. The van der Waals surface area contributed by atoms with Crippen LogP contribution >= 0.6 is 0 Å². The van der Waals surface area contributed by atoms with Gasteiger partial charge in [-0.3, -0.25) is 10.1 Å². The van der Waals surface area contributed by atoms with Crippen LogP contribution in [0.15, 0.2) is 0 Å². The molecule has 0 saturated heterocycles. The summed E-state index contributed by atoms with van der Waals surface area (Å²) in [6.45, 7) is 7.00. The number of hydrogen-bond acceptors (Lipinski definition) is 3. The Labute approximate surface area is 116 Å². The van der Waals surface area contributed by atoms with Crippen LogP contribution in [0.3, 0.4) is 0 Å². The number of carbonyl (C=O) groups is 1. The fourth-order valence-electron chi connectivity index (χ4n) is 2.17. The van der Waals surface area contributed by atoms with E-state index in [1.165, 1.54) is 19.3 Å². The molecule has 2 N–H and O–H groups in total. The Morgan fingerprint density at radius 2 is 2.16 bits per heavy atom. The molecule has 0 aromatic heterocycles. The minimum atomic E-state index is -0.940. The molecule has 1 fully saturated rings. The van der Waals surface area contributed by atoms with Gasteiger partial charge >= 0.3 is 5.97 Å². The van der Waals surface area contributed by atoms with Gasteiger partial charge in [0, 0.05) is 12.6 Å². The van der Waals surface area contributed by atoms with Gasteiger partial charge in [-0.1, -0.05) is 33.1 Å². The van der Waals surface area contributed by atoms with Gasteiger partial charge in [-0.25, -0.2) is 0 Å². The highest BCUT2D eigenvalue weighted by Gasteiger charge is 2.38. The molecular formula is C15H29NO3. The van der Waals surface area contributed by atoms with Crippen molar-refractivity contribution in [1.29, 1.82) is 0 Å². The monoisotopic (exact) mass is 271 g/mol. The quantitative estimate of drug-likeness (QED) is 0.606. The number of unbranched alkanes of at least 4 members (excludes halogenated alkanes) is 1. The van der Waals surface area contributed by atoms with Crippen molar-refractivity contribution in [1.82, 2.24) is 5.32 Å². The molecule has 0 aromatic carbocycles. The summed E-state index contributed by atoms with van der Waals surface area (Å²) >= 11 is 0. The maximum atomic E-state index is 11.4. The molecule has 0 bridgehead atoms. The molecule has 112 valence electrons. The molecule has 0 aromatic rings. The summed E-state index contributed by atoms with van der Waals surface area (Å²) in [5, 5.41) is 12.5. The summed E-state index contributed by atoms with van der Waals surface area (Å²) in [5.74, 6) is -0.264. The molecule has 0 amide bonds. The topological polar surface area (TPSA) is 58.6 Å². The van der Waals surface area contributed by atoms with Crippen LogP contribution < -0.4 is 5.32 Å². The maximum Gasteiger partial charge on any atom is 0.326 e. The van der Waals surface area contributed by atoms with E-state index in [-0.39, 0.29) is 6.61 Å². The number of hydrogen-bond donors (Lipinski definition) is 2. The number of rotatable bonds is 11. The average Bonchev–Trinajstić information content (AvgIpc) is 3.17. The third kappa shape index (κ3) is 5.91. The van der Waals surface area contributed by atoms with Gasteiger partial charge < -0.3 is 9.84 Å². The Morgan fingerprint density at radius 1 is 1.47 bits per heavy atom. The van der Waals surface area contributed by atoms with Crippen molar-refractivity contribution in [2.45, 2.75) is 70.9 Å².